The maximum atomic E-state index is 14.0. The van der Waals surface area contributed by atoms with Gasteiger partial charge in [-0.05, 0) is 55.4 Å². The first kappa shape index (κ1) is 20.6. The third kappa shape index (κ3) is 4.40. The van der Waals surface area contributed by atoms with E-state index in [0.29, 0.717) is 10.4 Å². The van der Waals surface area contributed by atoms with Crippen molar-refractivity contribution in [1.29, 1.82) is 0 Å². The number of amides is 1. The largest absolute Gasteiger partial charge is 0.369 e. The molecule has 0 bridgehead atoms. The van der Waals surface area contributed by atoms with Crippen LogP contribution < -0.4 is 10.2 Å². The predicted molar refractivity (Wildman–Crippen MR) is 123 cm³/mol. The molecule has 0 atom stereocenters. The summed E-state index contributed by atoms with van der Waals surface area (Å²) in [6.07, 6.45) is 0. The molecule has 1 aromatic heterocycles. The summed E-state index contributed by atoms with van der Waals surface area (Å²) < 4.78 is 14.0. The molecular weight excluding hydrogens is 397 g/mol. The Morgan fingerprint density at radius 1 is 1.07 bits per heavy atom. The smallest absolute Gasteiger partial charge is 0.265 e. The van der Waals surface area contributed by atoms with E-state index in [9.17, 15) is 9.18 Å². The summed E-state index contributed by atoms with van der Waals surface area (Å²) in [7, 11) is 0. The fourth-order valence-corrected chi connectivity index (χ4v) is 4.69. The number of carbonyl (C=O) groups is 1. The van der Waals surface area contributed by atoms with Crippen LogP contribution in [0.4, 0.5) is 15.8 Å². The molecular formula is C24H26FN3OS. The van der Waals surface area contributed by atoms with Crippen LogP contribution in [0.1, 0.15) is 22.2 Å². The molecule has 4 rings (SSSR count). The highest BCUT2D eigenvalue weighted by atomic mass is 32.1. The normalized spacial score (nSPS) is 14.7. The number of nitrogens with one attached hydrogen (secondary N) is 1. The molecule has 1 fully saturated rings. The lowest BCUT2D eigenvalue weighted by atomic mass is 10.1. The number of likely N-dealkylation sites (N-methyl/N-ethyl adjacent to an activating group) is 1. The number of piperazine rings is 1. The number of thiophene rings is 1. The molecule has 0 spiro atoms. The number of carbonyl (C=O) groups excluding carboxylic acids is 1. The van der Waals surface area contributed by atoms with Crippen molar-refractivity contribution in [1.82, 2.24) is 4.90 Å². The molecule has 4 nitrogen and oxygen atoms in total. The minimum Gasteiger partial charge on any atom is -0.369 e. The Labute approximate surface area is 180 Å². The minimum absolute atomic E-state index is 0.171. The Bertz CT molecular complexity index is 1040. The summed E-state index contributed by atoms with van der Waals surface area (Å²) >= 11 is 1.30. The second kappa shape index (κ2) is 8.98. The van der Waals surface area contributed by atoms with Gasteiger partial charge in [0.1, 0.15) is 5.82 Å². The molecule has 0 aliphatic carbocycles. The third-order valence-electron chi connectivity index (χ3n) is 5.61. The van der Waals surface area contributed by atoms with Crippen LogP contribution in [0.2, 0.25) is 0 Å². The van der Waals surface area contributed by atoms with Crippen molar-refractivity contribution in [3.63, 3.8) is 0 Å². The van der Waals surface area contributed by atoms with Crippen molar-refractivity contribution in [2.75, 3.05) is 42.9 Å². The van der Waals surface area contributed by atoms with Crippen LogP contribution >= 0.6 is 11.3 Å². The van der Waals surface area contributed by atoms with Crippen LogP contribution in [0.15, 0.2) is 54.6 Å². The van der Waals surface area contributed by atoms with Gasteiger partial charge in [-0.3, -0.25) is 4.79 Å². The number of hydrogen-bond donors (Lipinski definition) is 1. The molecule has 1 saturated heterocycles. The first-order valence-electron chi connectivity index (χ1n) is 10.3. The van der Waals surface area contributed by atoms with Crippen LogP contribution in [-0.4, -0.2) is 43.5 Å². The summed E-state index contributed by atoms with van der Waals surface area (Å²) in [5, 5.41) is 3.00. The molecule has 0 saturated carbocycles. The molecule has 2 heterocycles. The van der Waals surface area contributed by atoms with E-state index < -0.39 is 0 Å². The van der Waals surface area contributed by atoms with Gasteiger partial charge >= 0.3 is 0 Å². The average Bonchev–Trinajstić information content (AvgIpc) is 3.26. The maximum Gasteiger partial charge on any atom is 0.265 e. The van der Waals surface area contributed by atoms with Gasteiger partial charge < -0.3 is 15.1 Å². The van der Waals surface area contributed by atoms with Crippen LogP contribution in [0.25, 0.3) is 10.4 Å². The first-order chi connectivity index (χ1) is 14.5. The van der Waals surface area contributed by atoms with Crippen LogP contribution in [-0.2, 0) is 0 Å². The summed E-state index contributed by atoms with van der Waals surface area (Å²) in [6, 6.07) is 16.3. The quantitative estimate of drug-likeness (QED) is 0.608. The molecule has 1 aliphatic rings. The molecule has 3 aromatic rings. The molecule has 2 aromatic carbocycles. The van der Waals surface area contributed by atoms with Gasteiger partial charge in [0, 0.05) is 48.0 Å². The van der Waals surface area contributed by atoms with Gasteiger partial charge in [0.25, 0.3) is 5.91 Å². The van der Waals surface area contributed by atoms with E-state index in [2.05, 4.69) is 34.2 Å². The Morgan fingerprint density at radius 2 is 1.83 bits per heavy atom. The van der Waals surface area contributed by atoms with Crippen molar-refractivity contribution >= 4 is 28.6 Å². The van der Waals surface area contributed by atoms with E-state index in [-0.39, 0.29) is 11.7 Å². The van der Waals surface area contributed by atoms with E-state index in [4.69, 9.17) is 0 Å². The molecule has 0 unspecified atom stereocenters. The van der Waals surface area contributed by atoms with Gasteiger partial charge in [0.05, 0.1) is 4.88 Å². The van der Waals surface area contributed by atoms with Gasteiger partial charge in [0.2, 0.25) is 0 Å². The van der Waals surface area contributed by atoms with Crippen molar-refractivity contribution < 1.29 is 9.18 Å². The number of hydrogen-bond acceptors (Lipinski definition) is 4. The van der Waals surface area contributed by atoms with Crippen molar-refractivity contribution in [3.05, 3.63) is 70.9 Å². The SMILES string of the molecule is CCN1CCN(c2ccc(NC(=O)c3ccc(-c4ccccc4F)s3)c(C)c2)CC1. The Morgan fingerprint density at radius 3 is 2.53 bits per heavy atom. The number of rotatable bonds is 5. The standard InChI is InChI=1S/C24H26FN3OS/c1-3-27-12-14-28(15-13-27)18-8-9-21(17(2)16-18)26-24(29)23-11-10-22(30-23)19-6-4-5-7-20(19)25/h4-11,16H,3,12-15H2,1-2H3,(H,26,29). The average molecular weight is 424 g/mol. The fraction of sp³-hybridized carbons (Fsp3) is 0.292. The Kier molecular flexibility index (Phi) is 6.16. The summed E-state index contributed by atoms with van der Waals surface area (Å²) in [4.78, 5) is 18.9. The summed E-state index contributed by atoms with van der Waals surface area (Å²) in [5.41, 5.74) is 3.55. The van der Waals surface area contributed by atoms with Gasteiger partial charge in [-0.2, -0.15) is 0 Å². The molecule has 30 heavy (non-hydrogen) atoms. The zero-order valence-electron chi connectivity index (χ0n) is 17.3. The third-order valence-corrected chi connectivity index (χ3v) is 6.73. The Hall–Kier alpha value is -2.70. The summed E-state index contributed by atoms with van der Waals surface area (Å²) in [6.45, 7) is 9.51. The van der Waals surface area contributed by atoms with Crippen LogP contribution in [0.5, 0.6) is 0 Å². The fourth-order valence-electron chi connectivity index (χ4n) is 3.76. The number of benzene rings is 2. The van der Waals surface area contributed by atoms with E-state index in [1.807, 2.05) is 13.0 Å². The molecule has 1 N–H and O–H groups in total. The minimum atomic E-state index is -0.280. The van der Waals surface area contributed by atoms with Crippen molar-refractivity contribution in [3.8, 4) is 10.4 Å². The van der Waals surface area contributed by atoms with Crippen LogP contribution in [0.3, 0.4) is 0 Å². The lowest BCUT2D eigenvalue weighted by Gasteiger charge is -2.35. The number of aryl methyl sites for hydroxylation is 1. The maximum absolute atomic E-state index is 14.0. The molecule has 156 valence electrons. The van der Waals surface area contributed by atoms with Crippen LogP contribution in [0, 0.1) is 12.7 Å². The monoisotopic (exact) mass is 423 g/mol. The molecule has 6 heteroatoms. The Balaban J connectivity index is 1.44. The van der Waals surface area contributed by atoms with Gasteiger partial charge in [-0.25, -0.2) is 4.39 Å². The highest BCUT2D eigenvalue weighted by Crippen LogP contribution is 2.31. The summed E-state index contributed by atoms with van der Waals surface area (Å²) in [5.74, 6) is -0.451. The number of nitrogens with zero attached hydrogens (tertiary/aromatic N) is 2. The molecule has 0 radical (unpaired) electrons. The van der Waals surface area contributed by atoms with E-state index in [1.54, 1.807) is 30.3 Å². The van der Waals surface area contributed by atoms with E-state index in [1.165, 1.54) is 23.1 Å². The van der Waals surface area contributed by atoms with Gasteiger partial charge in [-0.1, -0.05) is 25.1 Å². The predicted octanol–water partition coefficient (Wildman–Crippen LogP) is 5.26. The van der Waals surface area contributed by atoms with Crippen molar-refractivity contribution in [2.45, 2.75) is 13.8 Å². The lowest BCUT2D eigenvalue weighted by Crippen LogP contribution is -2.46. The van der Waals surface area contributed by atoms with Gasteiger partial charge in [0.15, 0.2) is 0 Å². The highest BCUT2D eigenvalue weighted by molar-refractivity contribution is 7.17. The molecule has 1 amide bonds. The topological polar surface area (TPSA) is 35.6 Å². The van der Waals surface area contributed by atoms with E-state index >= 15 is 0 Å². The van der Waals surface area contributed by atoms with Crippen molar-refractivity contribution in [2.24, 2.45) is 0 Å². The highest BCUT2D eigenvalue weighted by Gasteiger charge is 2.17. The van der Waals surface area contributed by atoms with Gasteiger partial charge in [-0.15, -0.1) is 11.3 Å². The number of anilines is 2. The number of halogens is 1. The molecule has 1 aliphatic heterocycles. The zero-order valence-corrected chi connectivity index (χ0v) is 18.1. The second-order valence-electron chi connectivity index (χ2n) is 7.52. The first-order valence-corrected chi connectivity index (χ1v) is 11.1. The zero-order chi connectivity index (χ0) is 21.1. The second-order valence-corrected chi connectivity index (χ2v) is 8.60. The lowest BCUT2D eigenvalue weighted by molar-refractivity contribution is 0.103. The van der Waals surface area contributed by atoms with E-state index in [0.717, 1.165) is 48.9 Å².